The molecule has 0 saturated heterocycles. The quantitative estimate of drug-likeness (QED) is 0.102. The third-order valence-corrected chi connectivity index (χ3v) is 15.8. The van der Waals surface area contributed by atoms with Gasteiger partial charge in [-0.1, -0.05) is 221 Å². The molecule has 0 spiro atoms. The Balaban J connectivity index is 1.04. The summed E-state index contributed by atoms with van der Waals surface area (Å²) in [6, 6.07) is 84.4. The summed E-state index contributed by atoms with van der Waals surface area (Å²) >= 11 is 0. The second-order valence-electron chi connectivity index (χ2n) is 20.3. The average molecular weight is 981 g/mol. The van der Waals surface area contributed by atoms with Crippen molar-refractivity contribution < 1.29 is 8.83 Å². The number of unbranched alkanes of at least 4 members (excludes halogenated alkanes) is 2. The molecule has 14 rings (SSSR count). The maximum Gasteiger partial charge on any atom is 0.159 e. The van der Waals surface area contributed by atoms with E-state index in [-0.39, 0.29) is 0 Å². The minimum Gasteiger partial charge on any atom is -0.454 e. The maximum atomic E-state index is 7.19. The normalized spacial score (nSPS) is 11.9. The number of nitrogens with zero attached hydrogens (tertiary/aromatic N) is 2. The van der Waals surface area contributed by atoms with Crippen LogP contribution < -0.4 is 9.80 Å². The molecule has 0 bridgehead atoms. The Bertz CT molecular complexity index is 4170. The summed E-state index contributed by atoms with van der Waals surface area (Å²) in [5, 5.41) is 11.6. The van der Waals surface area contributed by atoms with E-state index < -0.39 is 0 Å². The molecule has 0 radical (unpaired) electrons. The van der Waals surface area contributed by atoms with Crippen LogP contribution in [-0.4, -0.2) is 0 Å². The number of hydrogen-bond donors (Lipinski definition) is 0. The third kappa shape index (κ3) is 7.42. The van der Waals surface area contributed by atoms with Crippen LogP contribution in [0.1, 0.15) is 50.7 Å². The van der Waals surface area contributed by atoms with Gasteiger partial charge in [-0.2, -0.15) is 0 Å². The monoisotopic (exact) mass is 980 g/mol. The van der Waals surface area contributed by atoms with E-state index in [2.05, 4.69) is 254 Å². The Kier molecular flexibility index (Phi) is 11.4. The highest BCUT2D eigenvalue weighted by Gasteiger charge is 2.28. The van der Waals surface area contributed by atoms with E-state index in [1.54, 1.807) is 0 Å². The van der Waals surface area contributed by atoms with E-state index in [9.17, 15) is 0 Å². The van der Waals surface area contributed by atoms with E-state index in [0.717, 1.165) is 150 Å². The average Bonchev–Trinajstić information content (AvgIpc) is 4.08. The summed E-state index contributed by atoms with van der Waals surface area (Å²) in [5.74, 6) is 0. The van der Waals surface area contributed by atoms with Crippen LogP contribution in [0.25, 0.3) is 98.4 Å². The highest BCUT2D eigenvalue weighted by molar-refractivity contribution is 6.29. The lowest BCUT2D eigenvalue weighted by Crippen LogP contribution is -2.13. The fraction of sp³-hybridized carbons (Fsp3) is 0.111. The van der Waals surface area contributed by atoms with Crippen molar-refractivity contribution in [2.45, 2.75) is 52.4 Å². The van der Waals surface area contributed by atoms with E-state index in [4.69, 9.17) is 8.83 Å². The molecule has 14 aromatic rings. The summed E-state index contributed by atoms with van der Waals surface area (Å²) in [7, 11) is 0. The van der Waals surface area contributed by atoms with E-state index in [1.165, 1.54) is 32.7 Å². The summed E-state index contributed by atoms with van der Waals surface area (Å²) in [6.07, 6.45) is 6.41. The molecule has 4 nitrogen and oxygen atoms in total. The van der Waals surface area contributed by atoms with Gasteiger partial charge < -0.3 is 18.6 Å². The van der Waals surface area contributed by atoms with Crippen molar-refractivity contribution in [1.82, 2.24) is 0 Å². The number of aryl methyl sites for hydroxylation is 2. The molecule has 0 saturated carbocycles. The molecule has 0 aliphatic carbocycles. The van der Waals surface area contributed by atoms with Gasteiger partial charge in [-0.25, -0.2) is 0 Å². The zero-order valence-electron chi connectivity index (χ0n) is 42.9. The Morgan fingerprint density at radius 1 is 0.289 bits per heavy atom. The first-order valence-electron chi connectivity index (χ1n) is 27.1. The van der Waals surface area contributed by atoms with E-state index >= 15 is 0 Å². The van der Waals surface area contributed by atoms with Crippen molar-refractivity contribution >= 4 is 110 Å². The fourth-order valence-electron chi connectivity index (χ4n) is 12.2. The van der Waals surface area contributed by atoms with E-state index in [1.807, 2.05) is 0 Å². The van der Waals surface area contributed by atoms with E-state index in [0.29, 0.717) is 0 Å². The highest BCUT2D eigenvalue weighted by Crippen LogP contribution is 2.53. The molecule has 0 aliphatic heterocycles. The van der Waals surface area contributed by atoms with Gasteiger partial charge in [0.15, 0.2) is 11.2 Å². The number of anilines is 6. The Morgan fingerprint density at radius 2 is 0.658 bits per heavy atom. The summed E-state index contributed by atoms with van der Waals surface area (Å²) in [6.45, 7) is 4.51. The first-order chi connectivity index (χ1) is 37.7. The van der Waals surface area contributed by atoms with Gasteiger partial charge in [0.25, 0.3) is 0 Å². The van der Waals surface area contributed by atoms with Crippen LogP contribution in [0.5, 0.6) is 0 Å². The predicted molar refractivity (Wildman–Crippen MR) is 322 cm³/mol. The lowest BCUT2D eigenvalue weighted by atomic mass is 9.91. The SMILES string of the molecule is CCCCc1cccc2c1oc1c(N(c3ccccc3-c3ccccc3)c3ccc4ccc5c(N(c6ccccc6-c6ccccc6)c6cccc7c6oc6c(CCCC)cccc67)ccc6ccc3c4c65)cccc12. The van der Waals surface area contributed by atoms with Crippen LogP contribution in [0.2, 0.25) is 0 Å². The summed E-state index contributed by atoms with van der Waals surface area (Å²) in [4.78, 5) is 4.93. The Hall–Kier alpha value is -9.12. The third-order valence-electron chi connectivity index (χ3n) is 15.8. The maximum absolute atomic E-state index is 7.19. The number of fused-ring (bicyclic) bond motifs is 6. The molecule has 2 heterocycles. The van der Waals surface area contributed by atoms with Crippen LogP contribution in [0.4, 0.5) is 34.1 Å². The zero-order chi connectivity index (χ0) is 50.7. The number of para-hydroxylation sites is 6. The Labute approximate surface area is 443 Å². The molecule has 366 valence electrons. The lowest BCUT2D eigenvalue weighted by Gasteiger charge is -2.31. The molecular formula is C72H56N2O2. The molecule has 0 amide bonds. The topological polar surface area (TPSA) is 32.8 Å². The number of furan rings is 2. The zero-order valence-corrected chi connectivity index (χ0v) is 42.9. The molecule has 0 fully saturated rings. The first kappa shape index (κ1) is 45.5. The fourth-order valence-corrected chi connectivity index (χ4v) is 12.2. The van der Waals surface area contributed by atoms with Crippen LogP contribution in [0.15, 0.2) is 239 Å². The van der Waals surface area contributed by atoms with Crippen LogP contribution in [-0.2, 0) is 12.8 Å². The standard InChI is InChI=1S/C72H56N2O2/c1-3-5-21-51-27-17-31-55-57-33-19-37-65(71(57)75-69(51)55)73(61-35-15-13-29-53(61)47-23-9-7-10-24-47)63-45-41-49-40-44-60-64(46-42-50-39-43-59(63)67(49)68(50)60)74(62-36-16-14-30-54(62)48-25-11-8-12-26-48)66-38-20-34-58-56-32-18-28-52(22-6-4-2)70(56)76-72(58)66/h7-20,23-46H,3-6,21-22H2,1-2H3. The summed E-state index contributed by atoms with van der Waals surface area (Å²) in [5.41, 5.74) is 17.1. The van der Waals surface area contributed by atoms with Crippen LogP contribution >= 0.6 is 0 Å². The Morgan fingerprint density at radius 3 is 1.09 bits per heavy atom. The van der Waals surface area contributed by atoms with Crippen molar-refractivity contribution in [1.29, 1.82) is 0 Å². The molecular weight excluding hydrogens is 925 g/mol. The molecule has 12 aromatic carbocycles. The molecule has 4 heteroatoms. The number of hydrogen-bond acceptors (Lipinski definition) is 4. The predicted octanol–water partition coefficient (Wildman–Crippen LogP) is 21.3. The summed E-state index contributed by atoms with van der Waals surface area (Å²) < 4.78 is 14.4. The molecule has 0 atom stereocenters. The molecule has 0 aliphatic rings. The van der Waals surface area contributed by atoms with Gasteiger partial charge in [-0.05, 0) is 106 Å². The van der Waals surface area contributed by atoms with Gasteiger partial charge in [0.1, 0.15) is 11.2 Å². The smallest absolute Gasteiger partial charge is 0.159 e. The molecule has 76 heavy (non-hydrogen) atoms. The van der Waals surface area contributed by atoms with Crippen molar-refractivity contribution in [2.24, 2.45) is 0 Å². The minimum absolute atomic E-state index is 0.877. The second-order valence-corrected chi connectivity index (χ2v) is 20.3. The van der Waals surface area contributed by atoms with Gasteiger partial charge in [0.2, 0.25) is 0 Å². The number of benzene rings is 12. The van der Waals surface area contributed by atoms with Gasteiger partial charge in [-0.15, -0.1) is 0 Å². The van der Waals surface area contributed by atoms with Crippen molar-refractivity contribution in [3.05, 3.63) is 242 Å². The van der Waals surface area contributed by atoms with Gasteiger partial charge in [-0.3, -0.25) is 0 Å². The molecule has 2 aromatic heterocycles. The van der Waals surface area contributed by atoms with Gasteiger partial charge >= 0.3 is 0 Å². The van der Waals surface area contributed by atoms with Crippen LogP contribution in [0.3, 0.4) is 0 Å². The molecule has 0 N–H and O–H groups in total. The second kappa shape index (κ2) is 19.0. The van der Waals surface area contributed by atoms with Crippen molar-refractivity contribution in [2.75, 3.05) is 9.80 Å². The largest absolute Gasteiger partial charge is 0.454 e. The minimum atomic E-state index is 0.877. The van der Waals surface area contributed by atoms with Crippen molar-refractivity contribution in [3.8, 4) is 22.3 Å². The van der Waals surface area contributed by atoms with Crippen LogP contribution in [0, 0.1) is 0 Å². The highest BCUT2D eigenvalue weighted by atomic mass is 16.3. The molecule has 0 unspecified atom stereocenters. The lowest BCUT2D eigenvalue weighted by molar-refractivity contribution is 0.658. The first-order valence-corrected chi connectivity index (χ1v) is 27.1. The van der Waals surface area contributed by atoms with Gasteiger partial charge in [0.05, 0.1) is 34.1 Å². The van der Waals surface area contributed by atoms with Crippen molar-refractivity contribution in [3.63, 3.8) is 0 Å². The number of rotatable bonds is 14. The van der Waals surface area contributed by atoms with Gasteiger partial charge in [0, 0.05) is 43.4 Å².